The van der Waals surface area contributed by atoms with Gasteiger partial charge in [0.25, 0.3) is 0 Å². The quantitative estimate of drug-likeness (QED) is 0.719. The average Bonchev–Trinajstić information content (AvgIpc) is 2.45. The molecule has 0 bridgehead atoms. The van der Waals surface area contributed by atoms with Crippen molar-refractivity contribution < 1.29 is 13.5 Å². The van der Waals surface area contributed by atoms with Crippen molar-refractivity contribution in [2.75, 3.05) is 13.2 Å². The van der Waals surface area contributed by atoms with Crippen molar-refractivity contribution in [3.05, 3.63) is 35.4 Å². The van der Waals surface area contributed by atoms with Crippen molar-refractivity contribution >= 4 is 0 Å². The molecular formula is C17H27F2NO. The number of hydrogen-bond acceptors (Lipinski definition) is 2. The van der Waals surface area contributed by atoms with E-state index in [0.29, 0.717) is 12.2 Å². The third-order valence-corrected chi connectivity index (χ3v) is 3.97. The number of nitrogens with one attached hydrogen (secondary N) is 1. The average molecular weight is 299 g/mol. The third-order valence-electron chi connectivity index (χ3n) is 3.97. The maximum atomic E-state index is 13.6. The van der Waals surface area contributed by atoms with Crippen LogP contribution >= 0.6 is 0 Å². The smallest absolute Gasteiger partial charge is 0.126 e. The predicted molar refractivity (Wildman–Crippen MR) is 82.3 cm³/mol. The van der Waals surface area contributed by atoms with Gasteiger partial charge in [-0.1, -0.05) is 20.8 Å². The van der Waals surface area contributed by atoms with E-state index in [9.17, 15) is 8.78 Å². The van der Waals surface area contributed by atoms with Crippen LogP contribution in [-0.4, -0.2) is 18.8 Å². The maximum absolute atomic E-state index is 13.6. The molecule has 0 aromatic heterocycles. The van der Waals surface area contributed by atoms with Crippen molar-refractivity contribution in [1.82, 2.24) is 5.32 Å². The van der Waals surface area contributed by atoms with Gasteiger partial charge in [-0.05, 0) is 50.4 Å². The van der Waals surface area contributed by atoms with Crippen LogP contribution in [0.1, 0.15) is 58.6 Å². The molecule has 1 atom stereocenters. The lowest BCUT2D eigenvalue weighted by molar-refractivity contribution is -0.0733. The van der Waals surface area contributed by atoms with Crippen LogP contribution in [0.25, 0.3) is 0 Å². The SMILES string of the molecule is CCCNC(c1cc(F)cc(F)c1)C(CC)(CC)OCC. The zero-order valence-electron chi connectivity index (χ0n) is 13.5. The Morgan fingerprint density at radius 2 is 1.62 bits per heavy atom. The van der Waals surface area contributed by atoms with Crippen molar-refractivity contribution in [2.45, 2.75) is 58.6 Å². The number of ether oxygens (including phenoxy) is 1. The highest BCUT2D eigenvalue weighted by molar-refractivity contribution is 5.24. The molecule has 0 aliphatic carbocycles. The molecule has 1 aromatic rings. The lowest BCUT2D eigenvalue weighted by Gasteiger charge is -2.40. The van der Waals surface area contributed by atoms with Gasteiger partial charge in [-0.3, -0.25) is 0 Å². The standard InChI is InChI=1S/C17H27F2NO/c1-5-9-20-16(17(6-2,7-3)21-8-4)13-10-14(18)12-15(19)11-13/h10-12,16,20H,5-9H2,1-4H3. The fourth-order valence-electron chi connectivity index (χ4n) is 2.87. The minimum atomic E-state index is -0.550. The summed E-state index contributed by atoms with van der Waals surface area (Å²) in [6.07, 6.45) is 2.50. The summed E-state index contributed by atoms with van der Waals surface area (Å²) in [6, 6.07) is 3.48. The molecule has 0 saturated heterocycles. The molecule has 0 radical (unpaired) electrons. The van der Waals surface area contributed by atoms with Crippen LogP contribution in [0.3, 0.4) is 0 Å². The number of benzene rings is 1. The summed E-state index contributed by atoms with van der Waals surface area (Å²) in [7, 11) is 0. The molecule has 1 rings (SSSR count). The summed E-state index contributed by atoms with van der Waals surface area (Å²) in [6.45, 7) is 9.46. The Morgan fingerprint density at radius 1 is 1.05 bits per heavy atom. The second-order valence-corrected chi connectivity index (χ2v) is 5.29. The Morgan fingerprint density at radius 3 is 2.05 bits per heavy atom. The fourth-order valence-corrected chi connectivity index (χ4v) is 2.87. The summed E-state index contributed by atoms with van der Waals surface area (Å²) >= 11 is 0. The van der Waals surface area contributed by atoms with Crippen LogP contribution in [0.4, 0.5) is 8.78 Å². The minimum absolute atomic E-state index is 0.224. The van der Waals surface area contributed by atoms with E-state index in [1.165, 1.54) is 12.1 Å². The normalized spacial score (nSPS) is 13.4. The molecule has 1 aromatic carbocycles. The lowest BCUT2D eigenvalue weighted by Crippen LogP contribution is -2.46. The van der Waals surface area contributed by atoms with Crippen molar-refractivity contribution in [3.8, 4) is 0 Å². The first-order chi connectivity index (χ1) is 10.0. The van der Waals surface area contributed by atoms with E-state index in [1.54, 1.807) is 0 Å². The second kappa shape index (κ2) is 8.44. The first kappa shape index (κ1) is 18.1. The minimum Gasteiger partial charge on any atom is -0.373 e. The zero-order valence-corrected chi connectivity index (χ0v) is 13.5. The highest BCUT2D eigenvalue weighted by Gasteiger charge is 2.37. The van der Waals surface area contributed by atoms with Crippen LogP contribution in [0, 0.1) is 11.6 Å². The van der Waals surface area contributed by atoms with E-state index in [1.807, 2.05) is 6.92 Å². The van der Waals surface area contributed by atoms with E-state index >= 15 is 0 Å². The molecule has 0 heterocycles. The van der Waals surface area contributed by atoms with Crippen LogP contribution in [0.15, 0.2) is 18.2 Å². The fraction of sp³-hybridized carbons (Fsp3) is 0.647. The van der Waals surface area contributed by atoms with Gasteiger partial charge in [0, 0.05) is 12.7 Å². The van der Waals surface area contributed by atoms with Gasteiger partial charge in [0.05, 0.1) is 11.6 Å². The van der Waals surface area contributed by atoms with E-state index in [2.05, 4.69) is 26.1 Å². The van der Waals surface area contributed by atoms with Gasteiger partial charge in [-0.15, -0.1) is 0 Å². The van der Waals surface area contributed by atoms with Crippen molar-refractivity contribution in [2.24, 2.45) is 0 Å². The molecular weight excluding hydrogens is 272 g/mol. The molecule has 0 saturated carbocycles. The molecule has 1 unspecified atom stereocenters. The Bertz CT molecular complexity index is 413. The Labute approximate surface area is 126 Å². The summed E-state index contributed by atoms with van der Waals surface area (Å²) in [4.78, 5) is 0. The van der Waals surface area contributed by atoms with Gasteiger partial charge in [0.15, 0.2) is 0 Å². The van der Waals surface area contributed by atoms with Crippen molar-refractivity contribution in [3.63, 3.8) is 0 Å². The van der Waals surface area contributed by atoms with Gasteiger partial charge >= 0.3 is 0 Å². The molecule has 2 nitrogen and oxygen atoms in total. The molecule has 1 N–H and O–H groups in total. The molecule has 0 aliphatic rings. The Hall–Kier alpha value is -1.00. The van der Waals surface area contributed by atoms with E-state index < -0.39 is 17.2 Å². The summed E-state index contributed by atoms with van der Waals surface area (Å²) in [5.41, 5.74) is 0.155. The van der Waals surface area contributed by atoms with Gasteiger partial charge in [0.1, 0.15) is 11.6 Å². The Balaban J connectivity index is 3.24. The molecule has 0 fully saturated rings. The monoisotopic (exact) mass is 299 g/mol. The molecule has 0 amide bonds. The van der Waals surface area contributed by atoms with Crippen LogP contribution in [0.5, 0.6) is 0 Å². The lowest BCUT2D eigenvalue weighted by atomic mass is 9.83. The molecule has 120 valence electrons. The molecule has 0 spiro atoms. The predicted octanol–water partition coefficient (Wildman–Crippen LogP) is 4.60. The summed E-state index contributed by atoms with van der Waals surface area (Å²) < 4.78 is 33.2. The highest BCUT2D eigenvalue weighted by Crippen LogP contribution is 2.36. The van der Waals surface area contributed by atoms with E-state index in [0.717, 1.165) is 31.9 Å². The largest absolute Gasteiger partial charge is 0.373 e. The number of halogens is 2. The van der Waals surface area contributed by atoms with Crippen LogP contribution in [-0.2, 0) is 4.74 Å². The number of hydrogen-bond donors (Lipinski definition) is 1. The Kier molecular flexibility index (Phi) is 7.26. The topological polar surface area (TPSA) is 21.3 Å². The highest BCUT2D eigenvalue weighted by atomic mass is 19.1. The van der Waals surface area contributed by atoms with Crippen molar-refractivity contribution in [1.29, 1.82) is 0 Å². The molecule has 0 aliphatic heterocycles. The first-order valence-corrected chi connectivity index (χ1v) is 7.86. The van der Waals surface area contributed by atoms with Gasteiger partial charge in [0.2, 0.25) is 0 Å². The van der Waals surface area contributed by atoms with E-state index in [4.69, 9.17) is 4.74 Å². The van der Waals surface area contributed by atoms with Gasteiger partial charge in [-0.25, -0.2) is 8.78 Å². The maximum Gasteiger partial charge on any atom is 0.126 e. The summed E-state index contributed by atoms with van der Waals surface area (Å²) in [5, 5.41) is 3.41. The van der Waals surface area contributed by atoms with E-state index in [-0.39, 0.29) is 6.04 Å². The summed E-state index contributed by atoms with van der Waals surface area (Å²) in [5.74, 6) is -1.10. The first-order valence-electron chi connectivity index (χ1n) is 7.86. The second-order valence-electron chi connectivity index (χ2n) is 5.29. The van der Waals surface area contributed by atoms with Crippen LogP contribution < -0.4 is 5.32 Å². The molecule has 21 heavy (non-hydrogen) atoms. The molecule has 4 heteroatoms. The van der Waals surface area contributed by atoms with Crippen LogP contribution in [0.2, 0.25) is 0 Å². The van der Waals surface area contributed by atoms with Gasteiger partial charge in [-0.2, -0.15) is 0 Å². The van der Waals surface area contributed by atoms with Gasteiger partial charge < -0.3 is 10.1 Å². The zero-order chi connectivity index (χ0) is 15.9. The number of rotatable bonds is 9. The third kappa shape index (κ3) is 4.48.